The molecular weight excluding hydrogens is 188 g/mol. The van der Waals surface area contributed by atoms with E-state index in [-0.39, 0.29) is 0 Å². The molecule has 4 nitrogen and oxygen atoms in total. The fourth-order valence-corrected chi connectivity index (χ4v) is 1.85. The Morgan fingerprint density at radius 1 is 1.53 bits per heavy atom. The van der Waals surface area contributed by atoms with Gasteiger partial charge in [0.1, 0.15) is 5.69 Å². The van der Waals surface area contributed by atoms with E-state index in [4.69, 9.17) is 5.73 Å². The van der Waals surface area contributed by atoms with Gasteiger partial charge < -0.3 is 5.73 Å². The topological polar surface area (TPSA) is 56.2 Å². The number of aromatic nitrogens is 3. The van der Waals surface area contributed by atoms with E-state index >= 15 is 0 Å². The molecule has 1 fully saturated rings. The van der Waals surface area contributed by atoms with E-state index in [1.54, 1.807) is 0 Å². The second-order valence-corrected chi connectivity index (χ2v) is 4.16. The minimum Gasteiger partial charge on any atom is -0.394 e. The van der Waals surface area contributed by atoms with Crippen molar-refractivity contribution in [3.05, 3.63) is 23.7 Å². The molecule has 0 radical (unpaired) electrons. The van der Waals surface area contributed by atoms with Crippen LogP contribution in [0, 0.1) is 0 Å². The van der Waals surface area contributed by atoms with Gasteiger partial charge in [-0.2, -0.15) is 5.10 Å². The zero-order valence-electron chi connectivity index (χ0n) is 8.77. The second kappa shape index (κ2) is 2.95. The Labute approximate surface area is 88.1 Å². The number of rotatable bonds is 2. The van der Waals surface area contributed by atoms with Crippen molar-refractivity contribution in [2.24, 2.45) is 0 Å². The highest BCUT2D eigenvalue weighted by atomic mass is 15.3. The summed E-state index contributed by atoms with van der Waals surface area (Å²) in [5, 5.41) is 4.51. The van der Waals surface area contributed by atoms with E-state index in [1.165, 1.54) is 18.4 Å². The van der Waals surface area contributed by atoms with E-state index in [0.29, 0.717) is 5.92 Å². The van der Waals surface area contributed by atoms with Crippen molar-refractivity contribution >= 4 is 11.3 Å². The summed E-state index contributed by atoms with van der Waals surface area (Å²) in [6.45, 7) is 2.11. The lowest BCUT2D eigenvalue weighted by Gasteiger charge is -1.96. The average molecular weight is 202 g/mol. The maximum atomic E-state index is 6.03. The minimum absolute atomic E-state index is 0.580. The minimum atomic E-state index is 0.580. The van der Waals surface area contributed by atoms with Crippen LogP contribution in [0.4, 0.5) is 5.69 Å². The molecule has 1 saturated carbocycles. The summed E-state index contributed by atoms with van der Waals surface area (Å²) >= 11 is 0. The van der Waals surface area contributed by atoms with Crippen LogP contribution in [-0.4, -0.2) is 14.6 Å². The summed E-state index contributed by atoms with van der Waals surface area (Å²) in [5.41, 5.74) is 9.81. The lowest BCUT2D eigenvalue weighted by atomic mass is 10.2. The molecule has 1 aliphatic carbocycles. The first-order valence-corrected chi connectivity index (χ1v) is 5.42. The third-order valence-electron chi connectivity index (χ3n) is 2.96. The summed E-state index contributed by atoms with van der Waals surface area (Å²) < 4.78 is 1.82. The van der Waals surface area contributed by atoms with E-state index in [9.17, 15) is 0 Å². The highest BCUT2D eigenvalue weighted by molar-refractivity contribution is 5.68. The lowest BCUT2D eigenvalue weighted by Crippen LogP contribution is -1.94. The fourth-order valence-electron chi connectivity index (χ4n) is 1.85. The van der Waals surface area contributed by atoms with E-state index in [1.807, 2.05) is 16.9 Å². The Morgan fingerprint density at radius 2 is 2.33 bits per heavy atom. The second-order valence-electron chi connectivity index (χ2n) is 4.16. The Bertz CT molecular complexity index is 511. The van der Waals surface area contributed by atoms with Crippen molar-refractivity contribution in [3.8, 4) is 0 Å². The van der Waals surface area contributed by atoms with E-state index in [2.05, 4.69) is 17.0 Å². The molecule has 0 atom stereocenters. The van der Waals surface area contributed by atoms with Crippen molar-refractivity contribution in [2.45, 2.75) is 32.1 Å². The molecule has 0 saturated heterocycles. The van der Waals surface area contributed by atoms with Crippen LogP contribution in [0.5, 0.6) is 0 Å². The number of nitrogens with two attached hydrogens (primary N) is 1. The van der Waals surface area contributed by atoms with Crippen LogP contribution < -0.4 is 5.73 Å². The largest absolute Gasteiger partial charge is 0.394 e. The van der Waals surface area contributed by atoms with Crippen molar-refractivity contribution in [1.29, 1.82) is 0 Å². The summed E-state index contributed by atoms with van der Waals surface area (Å²) in [6, 6.07) is 0. The molecule has 1 aliphatic rings. The highest BCUT2D eigenvalue weighted by Crippen LogP contribution is 2.42. The molecule has 2 aromatic heterocycles. The Morgan fingerprint density at radius 3 is 3.00 bits per heavy atom. The predicted octanol–water partition coefficient (Wildman–Crippen LogP) is 1.75. The van der Waals surface area contributed by atoms with Gasteiger partial charge in [-0.1, -0.05) is 6.92 Å². The molecule has 4 heteroatoms. The van der Waals surface area contributed by atoms with Gasteiger partial charge >= 0.3 is 0 Å². The van der Waals surface area contributed by atoms with Crippen LogP contribution in [0.2, 0.25) is 0 Å². The van der Waals surface area contributed by atoms with E-state index in [0.717, 1.165) is 23.4 Å². The average Bonchev–Trinajstić information content (AvgIpc) is 3.04. The quantitative estimate of drug-likeness (QED) is 0.807. The molecule has 0 aromatic carbocycles. The van der Waals surface area contributed by atoms with Crippen LogP contribution in [0.1, 0.15) is 36.9 Å². The maximum Gasteiger partial charge on any atom is 0.178 e. The van der Waals surface area contributed by atoms with Crippen molar-refractivity contribution < 1.29 is 0 Å². The summed E-state index contributed by atoms with van der Waals surface area (Å²) in [7, 11) is 0. The smallest absolute Gasteiger partial charge is 0.178 e. The lowest BCUT2D eigenvalue weighted by molar-refractivity contribution is 0.866. The van der Waals surface area contributed by atoms with Gasteiger partial charge in [0.05, 0.1) is 5.69 Å². The number of fused-ring (bicyclic) bond motifs is 1. The van der Waals surface area contributed by atoms with Gasteiger partial charge in [-0.05, 0) is 24.8 Å². The number of aryl methyl sites for hydroxylation is 1. The molecule has 0 spiro atoms. The SMILES string of the molecule is CCc1cnc2c(N)c(C3CC3)nn2c1. The zero-order chi connectivity index (χ0) is 10.4. The van der Waals surface area contributed by atoms with Crippen LogP contribution in [0.3, 0.4) is 0 Å². The number of anilines is 1. The normalized spacial score (nSPS) is 16.1. The molecule has 0 bridgehead atoms. The van der Waals surface area contributed by atoms with Gasteiger partial charge in [0, 0.05) is 18.3 Å². The molecule has 15 heavy (non-hydrogen) atoms. The molecule has 2 aromatic rings. The van der Waals surface area contributed by atoms with Gasteiger partial charge in [-0.25, -0.2) is 9.50 Å². The maximum absolute atomic E-state index is 6.03. The Kier molecular flexibility index (Phi) is 1.71. The van der Waals surface area contributed by atoms with Gasteiger partial charge in [0.2, 0.25) is 0 Å². The molecule has 78 valence electrons. The number of nitrogen functional groups attached to an aromatic ring is 1. The van der Waals surface area contributed by atoms with Crippen LogP contribution in [-0.2, 0) is 6.42 Å². The summed E-state index contributed by atoms with van der Waals surface area (Å²) in [5.74, 6) is 0.580. The van der Waals surface area contributed by atoms with Crippen molar-refractivity contribution in [3.63, 3.8) is 0 Å². The first-order chi connectivity index (χ1) is 7.29. The van der Waals surface area contributed by atoms with Gasteiger partial charge in [-0.15, -0.1) is 0 Å². The Hall–Kier alpha value is -1.58. The van der Waals surface area contributed by atoms with Crippen molar-refractivity contribution in [2.75, 3.05) is 5.73 Å². The molecule has 3 rings (SSSR count). The van der Waals surface area contributed by atoms with Gasteiger partial charge in [0.25, 0.3) is 0 Å². The van der Waals surface area contributed by atoms with Crippen molar-refractivity contribution in [1.82, 2.24) is 14.6 Å². The van der Waals surface area contributed by atoms with E-state index < -0.39 is 0 Å². The zero-order valence-corrected chi connectivity index (χ0v) is 8.77. The third kappa shape index (κ3) is 1.28. The molecular formula is C11H14N4. The Balaban J connectivity index is 2.20. The molecule has 0 aliphatic heterocycles. The first kappa shape index (κ1) is 8.71. The highest BCUT2D eigenvalue weighted by Gasteiger charge is 2.29. The molecule has 0 unspecified atom stereocenters. The monoisotopic (exact) mass is 202 g/mol. The van der Waals surface area contributed by atoms with Crippen LogP contribution >= 0.6 is 0 Å². The van der Waals surface area contributed by atoms with Gasteiger partial charge in [-0.3, -0.25) is 0 Å². The fraction of sp³-hybridized carbons (Fsp3) is 0.455. The molecule has 0 amide bonds. The predicted molar refractivity (Wildman–Crippen MR) is 58.8 cm³/mol. The van der Waals surface area contributed by atoms with Gasteiger partial charge in [0.15, 0.2) is 5.65 Å². The first-order valence-electron chi connectivity index (χ1n) is 5.42. The molecule has 2 heterocycles. The van der Waals surface area contributed by atoms with Crippen LogP contribution in [0.25, 0.3) is 5.65 Å². The number of nitrogens with zero attached hydrogens (tertiary/aromatic N) is 3. The summed E-state index contributed by atoms with van der Waals surface area (Å²) in [4.78, 5) is 4.36. The molecule has 2 N–H and O–H groups in total. The number of hydrogen-bond acceptors (Lipinski definition) is 3. The summed E-state index contributed by atoms with van der Waals surface area (Å²) in [6.07, 6.45) is 7.31. The van der Waals surface area contributed by atoms with Crippen LogP contribution in [0.15, 0.2) is 12.4 Å². The number of hydrogen-bond donors (Lipinski definition) is 1. The standard InChI is InChI=1S/C11H14N4/c1-2-7-5-13-11-9(12)10(8-3-4-8)14-15(11)6-7/h5-6,8H,2-4,12H2,1H3. The third-order valence-corrected chi connectivity index (χ3v) is 2.96.